The summed E-state index contributed by atoms with van der Waals surface area (Å²) in [6, 6.07) is 3.24. The van der Waals surface area contributed by atoms with Crippen molar-refractivity contribution in [3.8, 4) is 0 Å². The Hall–Kier alpha value is -1.33. The van der Waals surface area contributed by atoms with Gasteiger partial charge in [-0.1, -0.05) is 0 Å². The maximum absolute atomic E-state index is 13.1. The fourth-order valence-corrected chi connectivity index (χ4v) is 2.37. The van der Waals surface area contributed by atoms with Crippen molar-refractivity contribution in [3.05, 3.63) is 35.4 Å². The van der Waals surface area contributed by atoms with Crippen molar-refractivity contribution < 1.29 is 18.3 Å². The molecule has 1 aliphatic rings. The number of carbonyl (C=O) groups excluding carboxylic acids is 1. The van der Waals surface area contributed by atoms with E-state index < -0.39 is 11.6 Å². The van der Waals surface area contributed by atoms with Crippen LogP contribution in [0.25, 0.3) is 0 Å². The predicted molar refractivity (Wildman–Crippen MR) is 71.8 cm³/mol. The summed E-state index contributed by atoms with van der Waals surface area (Å²) in [6.45, 7) is 1.62. The molecule has 3 nitrogen and oxygen atoms in total. The minimum absolute atomic E-state index is 0.159. The third kappa shape index (κ3) is 4.08. The minimum atomic E-state index is -0.992. The van der Waals surface area contributed by atoms with E-state index in [2.05, 4.69) is 0 Å². The van der Waals surface area contributed by atoms with Gasteiger partial charge in [-0.3, -0.25) is 9.69 Å². The Morgan fingerprint density at radius 1 is 1.35 bits per heavy atom. The summed E-state index contributed by atoms with van der Waals surface area (Å²) in [5.74, 6) is -2.15. The smallest absolute Gasteiger partial charge is 0.176 e. The molecule has 2 rings (SSSR count). The van der Waals surface area contributed by atoms with E-state index in [4.69, 9.17) is 4.74 Å². The van der Waals surface area contributed by atoms with Crippen LogP contribution in [-0.4, -0.2) is 43.5 Å². The van der Waals surface area contributed by atoms with Crippen molar-refractivity contribution >= 4 is 5.78 Å². The number of carbonyl (C=O) groups is 1. The van der Waals surface area contributed by atoms with Crippen LogP contribution in [0.1, 0.15) is 29.6 Å². The molecule has 20 heavy (non-hydrogen) atoms. The third-order valence-corrected chi connectivity index (χ3v) is 3.44. The molecule has 0 aliphatic carbocycles. The van der Waals surface area contributed by atoms with Gasteiger partial charge < -0.3 is 4.74 Å². The normalized spacial score (nSPS) is 19.3. The maximum atomic E-state index is 13.1. The molecule has 1 aromatic carbocycles. The van der Waals surface area contributed by atoms with Crippen LogP contribution in [0.15, 0.2) is 18.2 Å². The van der Waals surface area contributed by atoms with Gasteiger partial charge in [0, 0.05) is 18.7 Å². The Kier molecular flexibility index (Phi) is 5.20. The van der Waals surface area contributed by atoms with E-state index in [1.807, 2.05) is 11.9 Å². The highest BCUT2D eigenvalue weighted by atomic mass is 19.2. The largest absolute Gasteiger partial charge is 0.377 e. The maximum Gasteiger partial charge on any atom is 0.176 e. The highest BCUT2D eigenvalue weighted by Crippen LogP contribution is 2.14. The average molecular weight is 283 g/mol. The molecule has 0 N–H and O–H groups in total. The SMILES string of the molecule is CN(CC(=O)c1ccc(F)c(F)c1)CC1CCCCO1. The van der Waals surface area contributed by atoms with Gasteiger partial charge in [0.25, 0.3) is 0 Å². The average Bonchev–Trinajstić information content (AvgIpc) is 2.42. The monoisotopic (exact) mass is 283 g/mol. The van der Waals surface area contributed by atoms with Crippen LogP contribution in [0, 0.1) is 11.6 Å². The molecule has 0 radical (unpaired) electrons. The van der Waals surface area contributed by atoms with Gasteiger partial charge in [-0.05, 0) is 44.5 Å². The van der Waals surface area contributed by atoms with Gasteiger partial charge in [-0.15, -0.1) is 0 Å². The number of likely N-dealkylation sites (N-methyl/N-ethyl adjacent to an activating group) is 1. The first-order valence-corrected chi connectivity index (χ1v) is 6.84. The van der Waals surface area contributed by atoms with Gasteiger partial charge in [-0.25, -0.2) is 8.78 Å². The molecular weight excluding hydrogens is 264 g/mol. The molecule has 110 valence electrons. The van der Waals surface area contributed by atoms with Gasteiger partial charge in [0.2, 0.25) is 0 Å². The van der Waals surface area contributed by atoms with Crippen LogP contribution in [0.5, 0.6) is 0 Å². The van der Waals surface area contributed by atoms with E-state index in [1.165, 1.54) is 6.07 Å². The Balaban J connectivity index is 1.87. The van der Waals surface area contributed by atoms with Crippen LogP contribution < -0.4 is 0 Å². The number of hydrogen-bond donors (Lipinski definition) is 0. The number of hydrogen-bond acceptors (Lipinski definition) is 3. The number of ketones is 1. The summed E-state index contributed by atoms with van der Waals surface area (Å²) in [5.41, 5.74) is 0.195. The van der Waals surface area contributed by atoms with E-state index >= 15 is 0 Å². The highest BCUT2D eigenvalue weighted by molar-refractivity contribution is 5.97. The van der Waals surface area contributed by atoms with Crippen molar-refractivity contribution in [2.75, 3.05) is 26.7 Å². The second-order valence-corrected chi connectivity index (χ2v) is 5.24. The number of rotatable bonds is 5. The molecule has 1 atom stereocenters. The summed E-state index contributed by atoms with van der Waals surface area (Å²) in [7, 11) is 1.83. The van der Waals surface area contributed by atoms with Crippen LogP contribution in [0.2, 0.25) is 0 Å². The molecule has 1 aromatic rings. The molecule has 1 fully saturated rings. The zero-order valence-corrected chi connectivity index (χ0v) is 11.6. The van der Waals surface area contributed by atoms with Crippen LogP contribution in [0.4, 0.5) is 8.78 Å². The molecule has 1 unspecified atom stereocenters. The van der Waals surface area contributed by atoms with Gasteiger partial charge in [0.15, 0.2) is 17.4 Å². The lowest BCUT2D eigenvalue weighted by Crippen LogP contribution is -2.36. The van der Waals surface area contributed by atoms with E-state index in [0.717, 1.165) is 38.0 Å². The van der Waals surface area contributed by atoms with Crippen molar-refractivity contribution in [2.24, 2.45) is 0 Å². The summed E-state index contributed by atoms with van der Waals surface area (Å²) in [5, 5.41) is 0. The molecule has 1 aliphatic heterocycles. The number of halogens is 2. The standard InChI is InChI=1S/C15H19F2NO2/c1-18(9-12-4-2-3-7-20-12)10-15(19)11-5-6-13(16)14(17)8-11/h5-6,8,12H,2-4,7,9-10H2,1H3. The summed E-state index contributed by atoms with van der Waals surface area (Å²) >= 11 is 0. The third-order valence-electron chi connectivity index (χ3n) is 3.44. The quantitative estimate of drug-likeness (QED) is 0.778. The second-order valence-electron chi connectivity index (χ2n) is 5.24. The molecule has 0 bridgehead atoms. The molecule has 5 heteroatoms. The first-order chi connectivity index (χ1) is 9.56. The van der Waals surface area contributed by atoms with Crippen molar-refractivity contribution in [3.63, 3.8) is 0 Å². The van der Waals surface area contributed by atoms with Gasteiger partial charge >= 0.3 is 0 Å². The Morgan fingerprint density at radius 2 is 2.15 bits per heavy atom. The summed E-state index contributed by atoms with van der Waals surface area (Å²) < 4.78 is 31.5. The molecule has 1 heterocycles. The first kappa shape index (κ1) is 15.1. The Morgan fingerprint density at radius 3 is 2.80 bits per heavy atom. The number of Topliss-reactive ketones (excluding diaryl/α,β-unsaturated/α-hetero) is 1. The van der Waals surface area contributed by atoms with Gasteiger partial charge in [-0.2, -0.15) is 0 Å². The summed E-state index contributed by atoms with van der Waals surface area (Å²) in [6.07, 6.45) is 3.40. The number of nitrogens with zero attached hydrogens (tertiary/aromatic N) is 1. The van der Waals surface area contributed by atoms with E-state index in [9.17, 15) is 13.6 Å². The molecule has 1 saturated heterocycles. The molecule has 0 aromatic heterocycles. The minimum Gasteiger partial charge on any atom is -0.377 e. The van der Waals surface area contributed by atoms with E-state index in [-0.39, 0.29) is 24.0 Å². The Bertz CT molecular complexity index is 473. The predicted octanol–water partition coefficient (Wildman–Crippen LogP) is 2.65. The Labute approximate surface area is 117 Å². The zero-order valence-electron chi connectivity index (χ0n) is 11.6. The fraction of sp³-hybridized carbons (Fsp3) is 0.533. The second kappa shape index (κ2) is 6.90. The van der Waals surface area contributed by atoms with Crippen molar-refractivity contribution in [1.82, 2.24) is 4.90 Å². The number of ether oxygens (including phenoxy) is 1. The lowest BCUT2D eigenvalue weighted by atomic mass is 10.1. The van der Waals surface area contributed by atoms with Crippen LogP contribution in [-0.2, 0) is 4.74 Å². The topological polar surface area (TPSA) is 29.5 Å². The van der Waals surface area contributed by atoms with Crippen molar-refractivity contribution in [1.29, 1.82) is 0 Å². The van der Waals surface area contributed by atoms with E-state index in [1.54, 1.807) is 0 Å². The molecule has 0 spiro atoms. The van der Waals surface area contributed by atoms with Crippen LogP contribution >= 0.6 is 0 Å². The first-order valence-electron chi connectivity index (χ1n) is 6.84. The van der Waals surface area contributed by atoms with Gasteiger partial charge in [0.1, 0.15) is 0 Å². The number of benzene rings is 1. The lowest BCUT2D eigenvalue weighted by Gasteiger charge is -2.27. The lowest BCUT2D eigenvalue weighted by molar-refractivity contribution is -0.000671. The fourth-order valence-electron chi connectivity index (χ4n) is 2.37. The van der Waals surface area contributed by atoms with E-state index in [0.29, 0.717) is 6.54 Å². The molecular formula is C15H19F2NO2. The highest BCUT2D eigenvalue weighted by Gasteiger charge is 2.18. The molecule has 0 saturated carbocycles. The zero-order chi connectivity index (χ0) is 14.5. The molecule has 0 amide bonds. The van der Waals surface area contributed by atoms with Crippen LogP contribution in [0.3, 0.4) is 0 Å². The van der Waals surface area contributed by atoms with Crippen molar-refractivity contribution in [2.45, 2.75) is 25.4 Å². The summed E-state index contributed by atoms with van der Waals surface area (Å²) in [4.78, 5) is 13.8. The van der Waals surface area contributed by atoms with Gasteiger partial charge in [0.05, 0.1) is 12.6 Å².